The third-order valence-corrected chi connectivity index (χ3v) is 10.2. The summed E-state index contributed by atoms with van der Waals surface area (Å²) in [5, 5.41) is 9.99. The van der Waals surface area contributed by atoms with Crippen molar-refractivity contribution in [3.8, 4) is 11.1 Å². The van der Waals surface area contributed by atoms with Gasteiger partial charge in [-0.15, -0.1) is 0 Å². The van der Waals surface area contributed by atoms with Crippen LogP contribution >= 0.6 is 0 Å². The van der Waals surface area contributed by atoms with Crippen molar-refractivity contribution in [3.05, 3.63) is 81.4 Å². The summed E-state index contributed by atoms with van der Waals surface area (Å²) in [4.78, 5) is 24.2. The van der Waals surface area contributed by atoms with Crippen LogP contribution in [0.15, 0.2) is 36.4 Å². The molecule has 2 fully saturated rings. The fourth-order valence-corrected chi connectivity index (χ4v) is 7.37. The molecule has 0 saturated carbocycles. The summed E-state index contributed by atoms with van der Waals surface area (Å²) in [6.07, 6.45) is 2.57. The summed E-state index contributed by atoms with van der Waals surface area (Å²) in [5.41, 5.74) is 10.4. The highest BCUT2D eigenvalue weighted by atomic mass is 19.1. The first-order valence-corrected chi connectivity index (χ1v) is 16.4. The zero-order valence-electron chi connectivity index (χ0n) is 27.1. The third-order valence-electron chi connectivity index (χ3n) is 10.2. The first-order valence-electron chi connectivity index (χ1n) is 16.4. The SMILES string of the molecule is Cc1cc(F)ccc1CN1CCc2cc(-c3c(CN4CCC(F)C4)nc(C)c(CC(=O)O)c3N3CCC(C)(C)CC3)ccc2C1. The van der Waals surface area contributed by atoms with Crippen LogP contribution in [0, 0.1) is 25.1 Å². The molecule has 1 aromatic heterocycles. The van der Waals surface area contributed by atoms with Gasteiger partial charge in [-0.1, -0.05) is 38.1 Å². The van der Waals surface area contributed by atoms with E-state index in [1.54, 1.807) is 6.07 Å². The molecule has 3 aliphatic heterocycles. The summed E-state index contributed by atoms with van der Waals surface area (Å²) < 4.78 is 28.0. The lowest BCUT2D eigenvalue weighted by Gasteiger charge is -2.40. The Morgan fingerprint density at radius 2 is 1.78 bits per heavy atom. The normalized spacial score (nSPS) is 20.4. The van der Waals surface area contributed by atoms with Crippen LogP contribution in [-0.2, 0) is 37.3 Å². The number of carbonyl (C=O) groups is 1. The Balaban J connectivity index is 1.40. The maximum Gasteiger partial charge on any atom is 0.307 e. The number of anilines is 1. The van der Waals surface area contributed by atoms with Crippen molar-refractivity contribution in [2.45, 2.75) is 85.6 Å². The van der Waals surface area contributed by atoms with Crippen molar-refractivity contribution in [2.24, 2.45) is 5.41 Å². The number of pyridine rings is 1. The van der Waals surface area contributed by atoms with E-state index in [0.29, 0.717) is 26.1 Å². The van der Waals surface area contributed by atoms with E-state index in [2.05, 4.69) is 46.7 Å². The van der Waals surface area contributed by atoms with E-state index in [1.807, 2.05) is 19.9 Å². The van der Waals surface area contributed by atoms with Crippen LogP contribution < -0.4 is 4.90 Å². The van der Waals surface area contributed by atoms with Crippen molar-refractivity contribution < 1.29 is 18.7 Å². The van der Waals surface area contributed by atoms with Crippen LogP contribution in [0.3, 0.4) is 0 Å². The van der Waals surface area contributed by atoms with E-state index in [4.69, 9.17) is 4.98 Å². The number of aryl methyl sites for hydroxylation is 2. The van der Waals surface area contributed by atoms with Gasteiger partial charge in [0.1, 0.15) is 12.0 Å². The molecule has 1 atom stereocenters. The van der Waals surface area contributed by atoms with E-state index in [9.17, 15) is 18.7 Å². The molecule has 0 radical (unpaired) electrons. The number of rotatable bonds is 8. The minimum atomic E-state index is -0.862. The number of nitrogens with zero attached hydrogens (tertiary/aromatic N) is 4. The predicted octanol–water partition coefficient (Wildman–Crippen LogP) is 6.86. The topological polar surface area (TPSA) is 59.9 Å². The Hall–Kier alpha value is -3.36. The van der Waals surface area contributed by atoms with Gasteiger partial charge in [0.25, 0.3) is 0 Å². The number of carboxylic acid groups (broad SMARTS) is 1. The van der Waals surface area contributed by atoms with Gasteiger partial charge in [-0.05, 0) is 84.9 Å². The molecule has 2 aromatic carbocycles. The van der Waals surface area contributed by atoms with Gasteiger partial charge in [0.15, 0.2) is 0 Å². The summed E-state index contributed by atoms with van der Waals surface area (Å²) in [7, 11) is 0. The summed E-state index contributed by atoms with van der Waals surface area (Å²) in [6.45, 7) is 14.3. The molecule has 4 heterocycles. The molecule has 8 heteroatoms. The Bertz CT molecular complexity index is 1580. The molecule has 240 valence electrons. The molecule has 6 rings (SSSR count). The van der Waals surface area contributed by atoms with Gasteiger partial charge in [-0.25, -0.2) is 8.78 Å². The van der Waals surface area contributed by atoms with Gasteiger partial charge in [-0.3, -0.25) is 19.6 Å². The van der Waals surface area contributed by atoms with Gasteiger partial charge >= 0.3 is 5.97 Å². The Labute approximate surface area is 266 Å². The van der Waals surface area contributed by atoms with Crippen molar-refractivity contribution in [2.75, 3.05) is 37.6 Å². The van der Waals surface area contributed by atoms with Gasteiger partial charge in [0.05, 0.1) is 17.8 Å². The highest BCUT2D eigenvalue weighted by Gasteiger charge is 2.32. The lowest BCUT2D eigenvalue weighted by atomic mass is 9.81. The number of aromatic nitrogens is 1. The smallest absolute Gasteiger partial charge is 0.307 e. The van der Waals surface area contributed by atoms with Crippen LogP contribution in [0.1, 0.15) is 72.3 Å². The lowest BCUT2D eigenvalue weighted by Crippen LogP contribution is -2.38. The van der Waals surface area contributed by atoms with Crippen molar-refractivity contribution in [1.29, 1.82) is 0 Å². The number of carboxylic acids is 1. The van der Waals surface area contributed by atoms with E-state index in [0.717, 1.165) is 96.9 Å². The first-order chi connectivity index (χ1) is 21.5. The van der Waals surface area contributed by atoms with E-state index in [1.165, 1.54) is 17.2 Å². The molecule has 3 aromatic rings. The summed E-state index contributed by atoms with van der Waals surface area (Å²) in [6, 6.07) is 11.7. The number of hydrogen-bond donors (Lipinski definition) is 1. The highest BCUT2D eigenvalue weighted by molar-refractivity contribution is 5.87. The van der Waals surface area contributed by atoms with Crippen molar-refractivity contribution >= 4 is 11.7 Å². The van der Waals surface area contributed by atoms with Gasteiger partial charge in [-0.2, -0.15) is 0 Å². The molecule has 1 N–H and O–H groups in total. The molecule has 6 nitrogen and oxygen atoms in total. The summed E-state index contributed by atoms with van der Waals surface area (Å²) >= 11 is 0. The second kappa shape index (κ2) is 12.8. The largest absolute Gasteiger partial charge is 0.481 e. The fourth-order valence-electron chi connectivity index (χ4n) is 7.37. The molecule has 2 saturated heterocycles. The van der Waals surface area contributed by atoms with Crippen molar-refractivity contribution in [3.63, 3.8) is 0 Å². The molecule has 0 aliphatic carbocycles. The maximum absolute atomic E-state index is 14.3. The van der Waals surface area contributed by atoms with Crippen molar-refractivity contribution in [1.82, 2.24) is 14.8 Å². The Morgan fingerprint density at radius 1 is 1.00 bits per heavy atom. The number of piperidine rings is 1. The molecule has 0 spiro atoms. The Kier molecular flexibility index (Phi) is 8.99. The molecular weight excluding hydrogens is 570 g/mol. The minimum absolute atomic E-state index is 0.0830. The van der Waals surface area contributed by atoms with Crippen LogP contribution in [0.25, 0.3) is 11.1 Å². The van der Waals surface area contributed by atoms with E-state index < -0.39 is 12.1 Å². The zero-order chi connectivity index (χ0) is 31.9. The first kappa shape index (κ1) is 31.6. The molecule has 1 unspecified atom stereocenters. The van der Waals surface area contributed by atoms with Gasteiger partial charge in [0, 0.05) is 69.2 Å². The highest BCUT2D eigenvalue weighted by Crippen LogP contribution is 2.43. The van der Waals surface area contributed by atoms with Crippen LogP contribution in [0.2, 0.25) is 0 Å². The minimum Gasteiger partial charge on any atom is -0.481 e. The predicted molar refractivity (Wildman–Crippen MR) is 175 cm³/mol. The van der Waals surface area contributed by atoms with Crippen LogP contribution in [0.4, 0.5) is 14.5 Å². The molecular formula is C37H46F2N4O2. The van der Waals surface area contributed by atoms with E-state index in [-0.39, 0.29) is 17.7 Å². The average Bonchev–Trinajstić information content (AvgIpc) is 3.39. The van der Waals surface area contributed by atoms with E-state index >= 15 is 0 Å². The number of aliphatic carboxylic acids is 1. The quantitative estimate of drug-likeness (QED) is 0.299. The number of halogens is 2. The second-order valence-electron chi connectivity index (χ2n) is 14.2. The van der Waals surface area contributed by atoms with Gasteiger partial charge < -0.3 is 10.0 Å². The number of benzene rings is 2. The fraction of sp³-hybridized carbons (Fsp3) is 0.514. The molecule has 0 amide bonds. The third kappa shape index (κ3) is 7.07. The molecule has 0 bridgehead atoms. The number of alkyl halides is 1. The monoisotopic (exact) mass is 616 g/mol. The zero-order valence-corrected chi connectivity index (χ0v) is 27.1. The van der Waals surface area contributed by atoms with Crippen LogP contribution in [-0.4, -0.2) is 64.8 Å². The maximum atomic E-state index is 14.3. The standard InChI is InChI=1S/C37H46F2N4O2/c1-24-17-30(38)8-7-28(24)20-41-13-9-26-18-27(5-6-29(26)21-41)35-33(23-42-14-10-31(39)22-42)40-25(2)32(19-34(44)45)36(35)43-15-11-37(3,4)12-16-43/h5-8,17-18,31H,9-16,19-23H2,1-4H3,(H,44,45). The average molecular weight is 617 g/mol. The lowest BCUT2D eigenvalue weighted by molar-refractivity contribution is -0.136. The van der Waals surface area contributed by atoms with Crippen LogP contribution in [0.5, 0.6) is 0 Å². The molecule has 45 heavy (non-hydrogen) atoms. The molecule has 3 aliphatic rings. The Morgan fingerprint density at radius 3 is 2.47 bits per heavy atom. The second-order valence-corrected chi connectivity index (χ2v) is 14.2. The number of likely N-dealkylation sites (tertiary alicyclic amines) is 1. The number of fused-ring (bicyclic) bond motifs is 1. The summed E-state index contributed by atoms with van der Waals surface area (Å²) in [5.74, 6) is -1.06. The number of hydrogen-bond acceptors (Lipinski definition) is 5. The van der Waals surface area contributed by atoms with Gasteiger partial charge in [0.2, 0.25) is 0 Å².